The zero-order valence-electron chi connectivity index (χ0n) is 24.0. The lowest BCUT2D eigenvalue weighted by Crippen LogP contribution is -2.42. The number of ether oxygens (including phenoxy) is 2. The molecule has 4 aromatic rings. The molecule has 0 bridgehead atoms. The molecule has 0 atom stereocenters. The van der Waals surface area contributed by atoms with Gasteiger partial charge in [-0.2, -0.15) is 9.13 Å². The fourth-order valence-electron chi connectivity index (χ4n) is 4.34. The Bertz CT molecular complexity index is 1240. The van der Waals surface area contributed by atoms with Gasteiger partial charge in [-0.1, -0.05) is 60.7 Å². The Morgan fingerprint density at radius 3 is 1.24 bits per heavy atom. The van der Waals surface area contributed by atoms with Crippen molar-refractivity contribution in [2.75, 3.05) is 39.5 Å². The van der Waals surface area contributed by atoms with Gasteiger partial charge >= 0.3 is 0 Å². The molecule has 42 heavy (non-hydrogen) atoms. The molecule has 0 spiro atoms. The minimum absolute atomic E-state index is 0.0255. The molecule has 2 heterocycles. The first-order valence-electron chi connectivity index (χ1n) is 14.5. The van der Waals surface area contributed by atoms with Gasteiger partial charge in [0, 0.05) is 50.6 Å². The Morgan fingerprint density at radius 1 is 0.500 bits per heavy atom. The van der Waals surface area contributed by atoms with E-state index >= 15 is 0 Å². The smallest absolute Gasteiger partial charge is 0.285 e. The Kier molecular flexibility index (Phi) is 12.7. The van der Waals surface area contributed by atoms with Gasteiger partial charge in [0.15, 0.2) is 24.8 Å². The lowest BCUT2D eigenvalue weighted by molar-refractivity contribution is -0.684. The second-order valence-electron chi connectivity index (χ2n) is 9.88. The van der Waals surface area contributed by atoms with E-state index in [0.29, 0.717) is 39.5 Å². The van der Waals surface area contributed by atoms with E-state index in [2.05, 4.69) is 34.9 Å². The predicted molar refractivity (Wildman–Crippen MR) is 161 cm³/mol. The van der Waals surface area contributed by atoms with E-state index in [0.717, 1.165) is 35.1 Å². The molecular formula is C34H40N4O4+2. The molecule has 2 N–H and O–H groups in total. The number of carbonyl (C=O) groups is 2. The molecule has 0 unspecified atom stereocenters. The number of hydrogen-bond acceptors (Lipinski definition) is 4. The van der Waals surface area contributed by atoms with Gasteiger partial charge in [0.2, 0.25) is 13.1 Å². The van der Waals surface area contributed by atoms with Crippen LogP contribution in [0.25, 0.3) is 22.3 Å². The van der Waals surface area contributed by atoms with Crippen LogP contribution in [0.3, 0.4) is 0 Å². The maximum atomic E-state index is 12.2. The summed E-state index contributed by atoms with van der Waals surface area (Å²) in [6, 6.07) is 28.4. The van der Waals surface area contributed by atoms with Crippen LogP contribution < -0.4 is 19.8 Å². The van der Waals surface area contributed by atoms with Crippen LogP contribution in [0.4, 0.5) is 0 Å². The SMILES string of the molecule is O=C(C[n+]1ccc(-c2ccccc2)cc1)NCCCOCCOCCCNC(=O)C[n+]1ccc(-c2ccccc2)cc1. The van der Waals surface area contributed by atoms with E-state index in [1.54, 1.807) is 0 Å². The molecule has 0 saturated carbocycles. The molecule has 4 rings (SSSR count). The third-order valence-electron chi connectivity index (χ3n) is 6.60. The van der Waals surface area contributed by atoms with Gasteiger partial charge in [-0.05, 0) is 35.1 Å². The van der Waals surface area contributed by atoms with Gasteiger partial charge in [0.25, 0.3) is 11.8 Å². The molecule has 0 saturated heterocycles. The van der Waals surface area contributed by atoms with Crippen molar-refractivity contribution < 1.29 is 28.2 Å². The zero-order chi connectivity index (χ0) is 29.2. The van der Waals surface area contributed by atoms with Crippen LogP contribution in [-0.2, 0) is 32.2 Å². The number of nitrogens with zero attached hydrogens (tertiary/aromatic N) is 2. The van der Waals surface area contributed by atoms with E-state index < -0.39 is 0 Å². The summed E-state index contributed by atoms with van der Waals surface area (Å²) in [4.78, 5) is 24.4. The summed E-state index contributed by atoms with van der Waals surface area (Å²) in [7, 11) is 0. The summed E-state index contributed by atoms with van der Waals surface area (Å²) in [6.45, 7) is 3.81. The highest BCUT2D eigenvalue weighted by Gasteiger charge is 2.10. The van der Waals surface area contributed by atoms with Crippen molar-refractivity contribution in [1.82, 2.24) is 10.6 Å². The predicted octanol–water partition coefficient (Wildman–Crippen LogP) is 3.34. The second kappa shape index (κ2) is 17.4. The zero-order valence-corrected chi connectivity index (χ0v) is 24.0. The molecule has 2 aromatic carbocycles. The first-order valence-corrected chi connectivity index (χ1v) is 14.5. The highest BCUT2D eigenvalue weighted by molar-refractivity contribution is 5.74. The fourth-order valence-corrected chi connectivity index (χ4v) is 4.34. The van der Waals surface area contributed by atoms with E-state index in [1.807, 2.05) is 94.6 Å². The van der Waals surface area contributed by atoms with Gasteiger partial charge in [-0.25, -0.2) is 0 Å². The number of aromatic nitrogens is 2. The quantitative estimate of drug-likeness (QED) is 0.151. The Labute approximate surface area is 247 Å². The van der Waals surface area contributed by atoms with Crippen LogP contribution in [0, 0.1) is 0 Å². The summed E-state index contributed by atoms with van der Waals surface area (Å²) in [5.41, 5.74) is 4.55. The largest absolute Gasteiger partial charge is 0.379 e. The average Bonchev–Trinajstić information content (AvgIpc) is 3.03. The fraction of sp³-hybridized carbons (Fsp3) is 0.294. The number of carbonyl (C=O) groups excluding carboxylic acids is 2. The summed E-state index contributed by atoms with van der Waals surface area (Å²) in [5, 5.41) is 5.86. The van der Waals surface area contributed by atoms with Gasteiger partial charge in [0.1, 0.15) is 0 Å². The van der Waals surface area contributed by atoms with Crippen LogP contribution >= 0.6 is 0 Å². The molecule has 2 aromatic heterocycles. The second-order valence-corrected chi connectivity index (χ2v) is 9.88. The third kappa shape index (κ3) is 10.9. The van der Waals surface area contributed by atoms with Crippen molar-refractivity contribution in [2.24, 2.45) is 0 Å². The maximum Gasteiger partial charge on any atom is 0.285 e. The molecule has 0 fully saturated rings. The van der Waals surface area contributed by atoms with E-state index in [1.165, 1.54) is 0 Å². The van der Waals surface area contributed by atoms with Crippen LogP contribution in [0.2, 0.25) is 0 Å². The molecule has 0 aliphatic carbocycles. The Morgan fingerprint density at radius 2 is 0.857 bits per heavy atom. The third-order valence-corrected chi connectivity index (χ3v) is 6.60. The number of benzene rings is 2. The van der Waals surface area contributed by atoms with Crippen LogP contribution in [0.5, 0.6) is 0 Å². The maximum absolute atomic E-state index is 12.2. The first-order chi connectivity index (χ1) is 20.7. The number of amides is 2. The minimum atomic E-state index is -0.0255. The summed E-state index contributed by atoms with van der Waals surface area (Å²) in [5.74, 6) is -0.0510. The number of rotatable bonds is 17. The minimum Gasteiger partial charge on any atom is -0.379 e. The van der Waals surface area contributed by atoms with Crippen molar-refractivity contribution in [2.45, 2.75) is 25.9 Å². The van der Waals surface area contributed by atoms with E-state index in [-0.39, 0.29) is 24.9 Å². The lowest BCUT2D eigenvalue weighted by Gasteiger charge is -2.07. The molecule has 2 amide bonds. The van der Waals surface area contributed by atoms with Crippen molar-refractivity contribution in [3.63, 3.8) is 0 Å². The monoisotopic (exact) mass is 568 g/mol. The van der Waals surface area contributed by atoms with Gasteiger partial charge in [-0.3, -0.25) is 9.59 Å². The number of pyridine rings is 2. The summed E-state index contributed by atoms with van der Waals surface area (Å²) in [6.07, 6.45) is 9.16. The standard InChI is InChI=1S/C34H38N4O4/c39-33(27-37-19-13-31(14-20-37)29-9-3-1-4-10-29)35-17-7-23-41-25-26-42-24-8-18-36-34(40)28-38-21-15-32(16-22-38)30-11-5-2-6-12-30/h1-6,9-16,19-22H,7-8,17-18,23-28H2/p+2. The molecule has 0 radical (unpaired) electrons. The average molecular weight is 569 g/mol. The van der Waals surface area contributed by atoms with Crippen LogP contribution in [-0.4, -0.2) is 51.3 Å². The van der Waals surface area contributed by atoms with Gasteiger partial charge in [-0.15, -0.1) is 0 Å². The topological polar surface area (TPSA) is 84.4 Å². The van der Waals surface area contributed by atoms with E-state index in [4.69, 9.17) is 9.47 Å². The van der Waals surface area contributed by atoms with Crippen LogP contribution in [0.1, 0.15) is 12.8 Å². The number of hydrogen-bond donors (Lipinski definition) is 2. The number of nitrogens with one attached hydrogen (secondary N) is 2. The highest BCUT2D eigenvalue weighted by atomic mass is 16.5. The van der Waals surface area contributed by atoms with Gasteiger partial charge < -0.3 is 20.1 Å². The molecule has 218 valence electrons. The Hall–Kier alpha value is -4.40. The van der Waals surface area contributed by atoms with Crippen molar-refractivity contribution in [1.29, 1.82) is 0 Å². The first kappa shape index (κ1) is 30.6. The molecule has 0 aliphatic heterocycles. The Balaban J connectivity index is 0.950. The molecule has 8 heteroatoms. The summed E-state index contributed by atoms with van der Waals surface area (Å²) < 4.78 is 14.9. The van der Waals surface area contributed by atoms with Crippen LogP contribution in [0.15, 0.2) is 110 Å². The lowest BCUT2D eigenvalue weighted by atomic mass is 10.1. The molecule has 8 nitrogen and oxygen atoms in total. The van der Waals surface area contributed by atoms with Crippen molar-refractivity contribution in [3.8, 4) is 22.3 Å². The summed E-state index contributed by atoms with van der Waals surface area (Å²) >= 11 is 0. The van der Waals surface area contributed by atoms with E-state index in [9.17, 15) is 9.59 Å². The van der Waals surface area contributed by atoms with Crippen molar-refractivity contribution in [3.05, 3.63) is 110 Å². The van der Waals surface area contributed by atoms with Gasteiger partial charge in [0.05, 0.1) is 13.2 Å². The molecular weight excluding hydrogens is 528 g/mol. The van der Waals surface area contributed by atoms with Crippen molar-refractivity contribution >= 4 is 11.8 Å². The normalized spacial score (nSPS) is 10.8. The molecule has 0 aliphatic rings. The highest BCUT2D eigenvalue weighted by Crippen LogP contribution is 2.17.